The summed E-state index contributed by atoms with van der Waals surface area (Å²) in [6, 6.07) is 1.81. The summed E-state index contributed by atoms with van der Waals surface area (Å²) in [7, 11) is -3.20. The fourth-order valence-electron chi connectivity index (χ4n) is 2.71. The number of aryl methyl sites for hydroxylation is 2. The SMILES string of the molecule is Cc1nc(CCC(=O)O)cc([C@@H]2CCCN(S(C)(=O)=O)C2)n1. The maximum atomic E-state index is 11.7. The Hall–Kier alpha value is -1.54. The third-order valence-corrected chi connectivity index (χ3v) is 5.05. The third kappa shape index (κ3) is 4.48. The lowest BCUT2D eigenvalue weighted by atomic mass is 9.95. The van der Waals surface area contributed by atoms with Gasteiger partial charge in [-0.2, -0.15) is 0 Å². The van der Waals surface area contributed by atoms with E-state index in [0.29, 0.717) is 31.0 Å². The van der Waals surface area contributed by atoms with Gasteiger partial charge in [0, 0.05) is 36.8 Å². The van der Waals surface area contributed by atoms with Gasteiger partial charge in [-0.05, 0) is 25.8 Å². The van der Waals surface area contributed by atoms with Crippen LogP contribution in [0.1, 0.15) is 42.4 Å². The molecule has 1 aromatic rings. The average molecular weight is 327 g/mol. The topological polar surface area (TPSA) is 100 Å². The number of nitrogens with zero attached hydrogens (tertiary/aromatic N) is 3. The Morgan fingerprint density at radius 3 is 2.82 bits per heavy atom. The minimum atomic E-state index is -3.20. The summed E-state index contributed by atoms with van der Waals surface area (Å²) in [5.41, 5.74) is 1.50. The normalized spacial score (nSPS) is 20.0. The zero-order valence-electron chi connectivity index (χ0n) is 12.8. The van der Waals surface area contributed by atoms with E-state index in [4.69, 9.17) is 5.11 Å². The zero-order valence-corrected chi connectivity index (χ0v) is 13.6. The largest absolute Gasteiger partial charge is 0.481 e. The van der Waals surface area contributed by atoms with E-state index >= 15 is 0 Å². The lowest BCUT2D eigenvalue weighted by molar-refractivity contribution is -0.136. The molecule has 1 N–H and O–H groups in total. The first-order valence-corrected chi connectivity index (χ1v) is 9.12. The van der Waals surface area contributed by atoms with Crippen LogP contribution in [0.15, 0.2) is 6.07 Å². The quantitative estimate of drug-likeness (QED) is 0.864. The van der Waals surface area contributed by atoms with Crippen molar-refractivity contribution in [2.75, 3.05) is 19.3 Å². The predicted molar refractivity (Wildman–Crippen MR) is 81.1 cm³/mol. The number of carboxylic acids is 1. The van der Waals surface area contributed by atoms with Gasteiger partial charge in [-0.15, -0.1) is 0 Å². The molecular weight excluding hydrogens is 306 g/mol. The second-order valence-corrected chi connectivity index (χ2v) is 7.67. The number of sulfonamides is 1. The first-order valence-electron chi connectivity index (χ1n) is 7.27. The Bertz CT molecular complexity index is 660. The van der Waals surface area contributed by atoms with Crippen molar-refractivity contribution in [2.45, 2.75) is 38.5 Å². The van der Waals surface area contributed by atoms with Crippen LogP contribution in [0.2, 0.25) is 0 Å². The highest BCUT2D eigenvalue weighted by molar-refractivity contribution is 7.88. The maximum absolute atomic E-state index is 11.7. The number of hydrogen-bond donors (Lipinski definition) is 1. The minimum Gasteiger partial charge on any atom is -0.481 e. The lowest BCUT2D eigenvalue weighted by Crippen LogP contribution is -2.38. The highest BCUT2D eigenvalue weighted by atomic mass is 32.2. The molecule has 7 nitrogen and oxygen atoms in total. The molecule has 0 radical (unpaired) electrons. The lowest BCUT2D eigenvalue weighted by Gasteiger charge is -2.30. The summed E-state index contributed by atoms with van der Waals surface area (Å²) in [6.45, 7) is 2.74. The molecule has 1 aliphatic rings. The molecule has 2 heterocycles. The van der Waals surface area contributed by atoms with E-state index in [-0.39, 0.29) is 12.3 Å². The van der Waals surface area contributed by atoms with Gasteiger partial charge in [0.2, 0.25) is 10.0 Å². The van der Waals surface area contributed by atoms with Gasteiger partial charge in [0.1, 0.15) is 5.82 Å². The van der Waals surface area contributed by atoms with Crippen LogP contribution in [0, 0.1) is 6.92 Å². The molecule has 1 saturated heterocycles. The maximum Gasteiger partial charge on any atom is 0.303 e. The monoisotopic (exact) mass is 327 g/mol. The Labute approximate surface area is 130 Å². The summed E-state index contributed by atoms with van der Waals surface area (Å²) in [5, 5.41) is 8.77. The van der Waals surface area contributed by atoms with Crippen LogP contribution in [0.5, 0.6) is 0 Å². The number of carboxylic acid groups (broad SMARTS) is 1. The van der Waals surface area contributed by atoms with Crippen molar-refractivity contribution in [3.8, 4) is 0 Å². The van der Waals surface area contributed by atoms with E-state index in [1.54, 1.807) is 6.92 Å². The summed E-state index contributed by atoms with van der Waals surface area (Å²) in [5.74, 6) is -0.234. The van der Waals surface area contributed by atoms with Crippen LogP contribution >= 0.6 is 0 Å². The number of aromatic nitrogens is 2. The van der Waals surface area contributed by atoms with Crippen molar-refractivity contribution in [1.82, 2.24) is 14.3 Å². The Morgan fingerprint density at radius 2 is 2.18 bits per heavy atom. The molecule has 0 unspecified atom stereocenters. The number of hydrogen-bond acceptors (Lipinski definition) is 5. The number of carbonyl (C=O) groups is 1. The molecule has 0 saturated carbocycles. The molecule has 2 rings (SSSR count). The van der Waals surface area contributed by atoms with Crippen molar-refractivity contribution >= 4 is 16.0 Å². The van der Waals surface area contributed by atoms with Crippen molar-refractivity contribution < 1.29 is 18.3 Å². The fourth-order valence-corrected chi connectivity index (χ4v) is 3.62. The van der Waals surface area contributed by atoms with Crippen LogP contribution in [0.4, 0.5) is 0 Å². The minimum absolute atomic E-state index is 0.0238. The van der Waals surface area contributed by atoms with E-state index in [2.05, 4.69) is 9.97 Å². The Kier molecular flexibility index (Phi) is 5.12. The van der Waals surface area contributed by atoms with Gasteiger partial charge in [-0.25, -0.2) is 22.7 Å². The van der Waals surface area contributed by atoms with Gasteiger partial charge in [-0.3, -0.25) is 4.79 Å². The van der Waals surface area contributed by atoms with Crippen molar-refractivity contribution in [3.05, 3.63) is 23.3 Å². The average Bonchev–Trinajstić information content (AvgIpc) is 2.44. The van der Waals surface area contributed by atoms with Crippen molar-refractivity contribution in [2.24, 2.45) is 0 Å². The third-order valence-electron chi connectivity index (χ3n) is 3.78. The summed E-state index contributed by atoms with van der Waals surface area (Å²) in [6.07, 6.45) is 3.27. The Balaban J connectivity index is 2.18. The van der Waals surface area contributed by atoms with Gasteiger partial charge in [0.05, 0.1) is 12.7 Å². The molecule has 0 spiro atoms. The molecule has 0 amide bonds. The molecule has 1 fully saturated rings. The molecule has 0 bridgehead atoms. The van der Waals surface area contributed by atoms with Crippen LogP contribution in [0.25, 0.3) is 0 Å². The standard InChI is InChI=1S/C14H21N3O4S/c1-10-15-12(5-6-14(18)19)8-13(16-10)11-4-3-7-17(9-11)22(2,20)21/h8,11H,3-7,9H2,1-2H3,(H,18,19)/t11-/m1/s1. The van der Waals surface area contributed by atoms with E-state index in [1.165, 1.54) is 10.6 Å². The molecule has 22 heavy (non-hydrogen) atoms. The predicted octanol–water partition coefficient (Wildman–Crippen LogP) is 0.941. The van der Waals surface area contributed by atoms with Gasteiger partial charge in [0.15, 0.2) is 0 Å². The van der Waals surface area contributed by atoms with E-state index in [0.717, 1.165) is 18.5 Å². The second kappa shape index (κ2) is 6.70. The van der Waals surface area contributed by atoms with Crippen molar-refractivity contribution in [1.29, 1.82) is 0 Å². The van der Waals surface area contributed by atoms with E-state index in [1.807, 2.05) is 6.07 Å². The second-order valence-electron chi connectivity index (χ2n) is 5.69. The van der Waals surface area contributed by atoms with Gasteiger partial charge < -0.3 is 5.11 Å². The summed E-state index contributed by atoms with van der Waals surface area (Å²) < 4.78 is 24.9. The highest BCUT2D eigenvalue weighted by Crippen LogP contribution is 2.27. The Morgan fingerprint density at radius 1 is 1.45 bits per heavy atom. The van der Waals surface area contributed by atoms with Crippen LogP contribution in [-0.4, -0.2) is 53.1 Å². The molecular formula is C14H21N3O4S. The van der Waals surface area contributed by atoms with Crippen LogP contribution < -0.4 is 0 Å². The number of rotatable bonds is 5. The van der Waals surface area contributed by atoms with Gasteiger partial charge >= 0.3 is 5.97 Å². The van der Waals surface area contributed by atoms with Crippen LogP contribution in [-0.2, 0) is 21.2 Å². The van der Waals surface area contributed by atoms with Gasteiger partial charge in [-0.1, -0.05) is 0 Å². The molecule has 8 heteroatoms. The summed E-state index contributed by atoms with van der Waals surface area (Å²) >= 11 is 0. The highest BCUT2D eigenvalue weighted by Gasteiger charge is 2.28. The van der Waals surface area contributed by atoms with Gasteiger partial charge in [0.25, 0.3) is 0 Å². The van der Waals surface area contributed by atoms with E-state index in [9.17, 15) is 13.2 Å². The van der Waals surface area contributed by atoms with Crippen LogP contribution in [0.3, 0.4) is 0 Å². The molecule has 0 aliphatic carbocycles. The molecule has 122 valence electrons. The number of piperidine rings is 1. The smallest absolute Gasteiger partial charge is 0.303 e. The molecule has 1 aromatic heterocycles. The molecule has 1 atom stereocenters. The fraction of sp³-hybridized carbons (Fsp3) is 0.643. The first kappa shape index (κ1) is 16.8. The van der Waals surface area contributed by atoms with Crippen molar-refractivity contribution in [3.63, 3.8) is 0 Å². The van der Waals surface area contributed by atoms with E-state index < -0.39 is 16.0 Å². The molecule has 1 aliphatic heterocycles. The number of aliphatic carboxylic acids is 1. The first-order chi connectivity index (χ1) is 10.3. The molecule has 0 aromatic carbocycles. The summed E-state index contributed by atoms with van der Waals surface area (Å²) in [4.78, 5) is 19.4. The zero-order chi connectivity index (χ0) is 16.3.